The van der Waals surface area contributed by atoms with E-state index in [0.717, 1.165) is 12.8 Å². The van der Waals surface area contributed by atoms with Gasteiger partial charge in [-0.3, -0.25) is 4.79 Å². The van der Waals surface area contributed by atoms with Gasteiger partial charge in [-0.25, -0.2) is 0 Å². The van der Waals surface area contributed by atoms with Gasteiger partial charge in [-0.15, -0.1) is 6.58 Å². The van der Waals surface area contributed by atoms with E-state index in [1.54, 1.807) is 37.3 Å². The largest absolute Gasteiger partial charge is 0.485 e. The maximum absolute atomic E-state index is 11.9. The molecule has 1 aliphatic rings. The molecule has 3 rings (SSSR count). The molecule has 1 amide bonds. The predicted molar refractivity (Wildman–Crippen MR) is 91.3 cm³/mol. The summed E-state index contributed by atoms with van der Waals surface area (Å²) in [4.78, 5) is 16.3. The minimum absolute atomic E-state index is 0.213. The fourth-order valence-corrected chi connectivity index (χ4v) is 2.14. The Kier molecular flexibility index (Phi) is 5.45. The van der Waals surface area contributed by atoms with Crippen molar-refractivity contribution in [2.75, 3.05) is 11.9 Å². The van der Waals surface area contributed by atoms with Gasteiger partial charge >= 0.3 is 0 Å². The summed E-state index contributed by atoms with van der Waals surface area (Å²) in [5.74, 6) is 2.11. The van der Waals surface area contributed by atoms with Gasteiger partial charge in [0.25, 0.3) is 5.91 Å². The van der Waals surface area contributed by atoms with Crippen molar-refractivity contribution in [3.05, 3.63) is 48.6 Å². The first-order valence-corrected chi connectivity index (χ1v) is 8.24. The van der Waals surface area contributed by atoms with E-state index < -0.39 is 6.10 Å². The van der Waals surface area contributed by atoms with Gasteiger partial charge in [0.1, 0.15) is 11.9 Å². The number of ether oxygens (including phenoxy) is 2. The molecule has 1 aromatic heterocycles. The number of carbonyl (C=O) groups is 1. The van der Waals surface area contributed by atoms with Gasteiger partial charge in [-0.05, 0) is 44.0 Å². The Hall–Kier alpha value is -2.67. The topological polar surface area (TPSA) is 86.5 Å². The zero-order chi connectivity index (χ0) is 17.6. The van der Waals surface area contributed by atoms with Crippen LogP contribution in [0.4, 0.5) is 5.69 Å². The summed E-state index contributed by atoms with van der Waals surface area (Å²) >= 11 is 0. The molecule has 1 aliphatic carbocycles. The van der Waals surface area contributed by atoms with Crippen LogP contribution in [0.5, 0.6) is 5.75 Å². The first-order chi connectivity index (χ1) is 12.2. The quantitative estimate of drug-likeness (QED) is 0.704. The van der Waals surface area contributed by atoms with Gasteiger partial charge in [0.2, 0.25) is 11.7 Å². The van der Waals surface area contributed by atoms with Crippen LogP contribution in [0.1, 0.15) is 37.4 Å². The summed E-state index contributed by atoms with van der Waals surface area (Å²) < 4.78 is 16.1. The van der Waals surface area contributed by atoms with Crippen molar-refractivity contribution in [3.63, 3.8) is 0 Å². The second kappa shape index (κ2) is 7.94. The molecule has 0 spiro atoms. The fraction of sp³-hybridized carbons (Fsp3) is 0.389. The summed E-state index contributed by atoms with van der Waals surface area (Å²) in [5.41, 5.74) is 0.669. The van der Waals surface area contributed by atoms with Crippen molar-refractivity contribution >= 4 is 11.6 Å². The van der Waals surface area contributed by atoms with E-state index in [4.69, 9.17) is 14.0 Å². The third kappa shape index (κ3) is 4.90. The van der Waals surface area contributed by atoms with E-state index in [-0.39, 0.29) is 12.5 Å². The lowest BCUT2D eigenvalue weighted by Crippen LogP contribution is -2.27. The van der Waals surface area contributed by atoms with Gasteiger partial charge in [0, 0.05) is 11.6 Å². The Morgan fingerprint density at radius 2 is 2.20 bits per heavy atom. The highest BCUT2D eigenvalue weighted by Gasteiger charge is 2.29. The third-order valence-corrected chi connectivity index (χ3v) is 3.73. The highest BCUT2D eigenvalue weighted by atomic mass is 16.5. The molecule has 0 saturated heterocycles. The minimum Gasteiger partial charge on any atom is -0.485 e. The molecule has 1 heterocycles. The van der Waals surface area contributed by atoms with E-state index >= 15 is 0 Å². The van der Waals surface area contributed by atoms with Crippen LogP contribution >= 0.6 is 0 Å². The van der Waals surface area contributed by atoms with Gasteiger partial charge in [0.15, 0.2) is 6.61 Å². The molecule has 0 bridgehead atoms. The lowest BCUT2D eigenvalue weighted by Gasteiger charge is -2.12. The number of nitrogens with one attached hydrogen (secondary N) is 1. The second-order valence-electron chi connectivity index (χ2n) is 5.89. The van der Waals surface area contributed by atoms with Crippen molar-refractivity contribution in [1.29, 1.82) is 0 Å². The molecule has 0 radical (unpaired) electrons. The molecule has 1 aromatic carbocycles. The summed E-state index contributed by atoms with van der Waals surface area (Å²) in [6.45, 7) is 5.82. The molecule has 1 atom stereocenters. The molecule has 25 heavy (non-hydrogen) atoms. The van der Waals surface area contributed by atoms with E-state index in [2.05, 4.69) is 22.0 Å². The molecule has 1 fully saturated rings. The molecule has 1 saturated carbocycles. The standard InChI is InChI=1S/C18H21N3O4/c1-3-10-23-12(2)17(22)19-14-6-8-15(9-7-14)24-11-16-20-18(25-21-16)13-4-5-13/h3,6-9,12-13H,1,4-5,10-11H2,2H3,(H,19,22)/t12-/m1/s1. The van der Waals surface area contributed by atoms with Crippen LogP contribution in [0.3, 0.4) is 0 Å². The van der Waals surface area contributed by atoms with Crippen LogP contribution in [0.2, 0.25) is 0 Å². The molecular weight excluding hydrogens is 322 g/mol. The highest BCUT2D eigenvalue weighted by molar-refractivity contribution is 5.93. The van der Waals surface area contributed by atoms with E-state index in [1.165, 1.54) is 0 Å². The number of amides is 1. The number of hydrogen-bond donors (Lipinski definition) is 1. The van der Waals surface area contributed by atoms with Gasteiger partial charge in [0.05, 0.1) is 6.61 Å². The second-order valence-corrected chi connectivity index (χ2v) is 5.89. The van der Waals surface area contributed by atoms with Gasteiger partial charge < -0.3 is 19.3 Å². The van der Waals surface area contributed by atoms with Crippen molar-refractivity contribution in [2.24, 2.45) is 0 Å². The Morgan fingerprint density at radius 3 is 2.88 bits per heavy atom. The Labute approximate surface area is 146 Å². The average molecular weight is 343 g/mol. The maximum atomic E-state index is 11.9. The van der Waals surface area contributed by atoms with Crippen LogP contribution in [-0.2, 0) is 16.1 Å². The number of rotatable bonds is 9. The fourth-order valence-electron chi connectivity index (χ4n) is 2.14. The number of benzene rings is 1. The molecule has 1 N–H and O–H groups in total. The zero-order valence-corrected chi connectivity index (χ0v) is 14.1. The van der Waals surface area contributed by atoms with Crippen LogP contribution in [-0.4, -0.2) is 28.8 Å². The van der Waals surface area contributed by atoms with Crippen LogP contribution in [0.15, 0.2) is 41.4 Å². The van der Waals surface area contributed by atoms with Crippen molar-refractivity contribution in [3.8, 4) is 5.75 Å². The lowest BCUT2D eigenvalue weighted by atomic mass is 10.3. The molecule has 0 aliphatic heterocycles. The summed E-state index contributed by atoms with van der Waals surface area (Å²) in [6, 6.07) is 7.07. The summed E-state index contributed by atoms with van der Waals surface area (Å²) in [7, 11) is 0. The number of nitrogens with zero attached hydrogens (tertiary/aromatic N) is 2. The van der Waals surface area contributed by atoms with Gasteiger partial charge in [-0.2, -0.15) is 4.98 Å². The Bertz CT molecular complexity index is 722. The molecular formula is C18H21N3O4. The SMILES string of the molecule is C=CCO[C@H](C)C(=O)Nc1ccc(OCc2noc(C3CC3)n2)cc1. The Balaban J connectivity index is 1.47. The monoisotopic (exact) mass is 343 g/mol. The lowest BCUT2D eigenvalue weighted by molar-refractivity contribution is -0.125. The number of carbonyl (C=O) groups excluding carboxylic acids is 1. The summed E-state index contributed by atoms with van der Waals surface area (Å²) in [6.07, 6.45) is 3.29. The normalized spacial score (nSPS) is 14.8. The van der Waals surface area contributed by atoms with Crippen LogP contribution in [0.25, 0.3) is 0 Å². The third-order valence-electron chi connectivity index (χ3n) is 3.73. The smallest absolute Gasteiger partial charge is 0.253 e. The van der Waals surface area contributed by atoms with E-state index in [0.29, 0.717) is 35.7 Å². The molecule has 7 heteroatoms. The van der Waals surface area contributed by atoms with Crippen molar-refractivity contribution in [1.82, 2.24) is 10.1 Å². The minimum atomic E-state index is -0.548. The van der Waals surface area contributed by atoms with Crippen LogP contribution in [0, 0.1) is 0 Å². The first-order valence-electron chi connectivity index (χ1n) is 8.24. The highest BCUT2D eigenvalue weighted by Crippen LogP contribution is 2.38. The van der Waals surface area contributed by atoms with Gasteiger partial charge in [-0.1, -0.05) is 11.2 Å². The van der Waals surface area contributed by atoms with Crippen molar-refractivity contribution < 1.29 is 18.8 Å². The summed E-state index contributed by atoms with van der Waals surface area (Å²) in [5, 5.41) is 6.69. The molecule has 7 nitrogen and oxygen atoms in total. The van der Waals surface area contributed by atoms with E-state index in [9.17, 15) is 4.79 Å². The average Bonchev–Trinajstić information content (AvgIpc) is 3.37. The maximum Gasteiger partial charge on any atom is 0.253 e. The molecule has 132 valence electrons. The molecule has 0 unspecified atom stereocenters. The first kappa shape index (κ1) is 17.2. The van der Waals surface area contributed by atoms with E-state index in [1.807, 2.05) is 0 Å². The molecule has 2 aromatic rings. The van der Waals surface area contributed by atoms with Crippen molar-refractivity contribution in [2.45, 2.75) is 38.4 Å². The Morgan fingerprint density at radius 1 is 1.44 bits per heavy atom. The zero-order valence-electron chi connectivity index (χ0n) is 14.1. The van der Waals surface area contributed by atoms with Crippen LogP contribution < -0.4 is 10.1 Å². The number of anilines is 1. The number of hydrogen-bond acceptors (Lipinski definition) is 6. The number of aromatic nitrogens is 2. The predicted octanol–water partition coefficient (Wildman–Crippen LogP) is 3.06.